The Bertz CT molecular complexity index is 420. The Morgan fingerprint density at radius 3 is 2.14 bits per heavy atom. The van der Waals surface area contributed by atoms with Crippen molar-refractivity contribution in [2.75, 3.05) is 0 Å². The van der Waals surface area contributed by atoms with Gasteiger partial charge in [-0.3, -0.25) is 4.79 Å². The zero-order chi connectivity index (χ0) is 16.6. The minimum Gasteiger partial charge on any atom is -0.443 e. The van der Waals surface area contributed by atoms with E-state index in [0.717, 1.165) is 0 Å². The third-order valence-corrected chi connectivity index (χ3v) is 4.31. The lowest BCUT2D eigenvalue weighted by Gasteiger charge is -2.41. The van der Waals surface area contributed by atoms with Gasteiger partial charge in [-0.1, -0.05) is 0 Å². The number of nitrogens with zero attached hydrogens (tertiary/aromatic N) is 1. The summed E-state index contributed by atoms with van der Waals surface area (Å²) in [5.74, 6) is -0.179. The molecular weight excluding hydrogens is 286 g/mol. The van der Waals surface area contributed by atoms with Gasteiger partial charge in [0.05, 0.1) is 11.6 Å². The average Bonchev–Trinajstić information content (AvgIpc) is 2.53. The normalized spacial score (nSPS) is 20.9. The molecule has 0 aromatic rings. The van der Waals surface area contributed by atoms with Crippen LogP contribution in [-0.2, 0) is 14.0 Å². The molecule has 2 amide bonds. The largest absolute Gasteiger partial charge is 0.443 e. The van der Waals surface area contributed by atoms with Crippen molar-refractivity contribution in [3.05, 3.63) is 0 Å². The maximum absolute atomic E-state index is 12.3. The summed E-state index contributed by atoms with van der Waals surface area (Å²) in [6, 6.07) is -0.272. The molecule has 0 saturated carbocycles. The Hall–Kier alpha value is -0.883. The standard InChI is InChI=1S/C15H29NO4Si/c1-14(2,3)19-13(18)16-11(9-10-12(16)17)15(4,5)20-21(6,7)8/h11H,9-10H2,1-8H3/t11-/m0/s1. The molecule has 0 spiro atoms. The van der Waals surface area contributed by atoms with Crippen LogP contribution in [0.15, 0.2) is 0 Å². The van der Waals surface area contributed by atoms with Gasteiger partial charge in [-0.25, -0.2) is 9.69 Å². The topological polar surface area (TPSA) is 55.8 Å². The van der Waals surface area contributed by atoms with E-state index in [-0.39, 0.29) is 11.9 Å². The smallest absolute Gasteiger partial charge is 0.417 e. The molecule has 1 aliphatic rings. The van der Waals surface area contributed by atoms with Crippen molar-refractivity contribution in [3.63, 3.8) is 0 Å². The first-order valence-electron chi connectivity index (χ1n) is 7.48. The van der Waals surface area contributed by atoms with Gasteiger partial charge in [0, 0.05) is 6.42 Å². The molecule has 1 saturated heterocycles. The molecule has 0 bridgehead atoms. The number of carbonyl (C=O) groups is 2. The quantitative estimate of drug-likeness (QED) is 0.747. The molecule has 122 valence electrons. The highest BCUT2D eigenvalue weighted by molar-refractivity contribution is 6.69. The summed E-state index contributed by atoms with van der Waals surface area (Å²) < 4.78 is 11.6. The van der Waals surface area contributed by atoms with E-state index in [9.17, 15) is 9.59 Å². The second-order valence-electron chi connectivity index (χ2n) is 8.12. The summed E-state index contributed by atoms with van der Waals surface area (Å²) in [5.41, 5.74) is -1.18. The van der Waals surface area contributed by atoms with Crippen LogP contribution in [-0.4, -0.2) is 42.5 Å². The van der Waals surface area contributed by atoms with Gasteiger partial charge >= 0.3 is 6.09 Å². The van der Waals surface area contributed by atoms with E-state index in [4.69, 9.17) is 9.16 Å². The van der Waals surface area contributed by atoms with Gasteiger partial charge in [-0.2, -0.15) is 0 Å². The monoisotopic (exact) mass is 315 g/mol. The summed E-state index contributed by atoms with van der Waals surface area (Å²) in [6.45, 7) is 15.6. The molecule has 0 aromatic carbocycles. The van der Waals surface area contributed by atoms with Crippen LogP contribution in [0.3, 0.4) is 0 Å². The lowest BCUT2D eigenvalue weighted by molar-refractivity contribution is -0.130. The number of carbonyl (C=O) groups excluding carboxylic acids is 2. The third-order valence-electron chi connectivity index (χ3n) is 3.17. The van der Waals surface area contributed by atoms with E-state index >= 15 is 0 Å². The molecule has 0 radical (unpaired) electrons. The average molecular weight is 315 g/mol. The van der Waals surface area contributed by atoms with Crippen LogP contribution in [0.1, 0.15) is 47.5 Å². The van der Waals surface area contributed by atoms with Gasteiger partial charge < -0.3 is 9.16 Å². The molecule has 1 fully saturated rings. The Morgan fingerprint density at radius 1 is 1.19 bits per heavy atom. The van der Waals surface area contributed by atoms with E-state index in [1.807, 2.05) is 13.8 Å². The first kappa shape index (κ1) is 18.2. The first-order chi connectivity index (χ1) is 9.23. The number of likely N-dealkylation sites (tertiary alicyclic amines) is 1. The second-order valence-corrected chi connectivity index (χ2v) is 12.5. The predicted octanol–water partition coefficient (Wildman–Crippen LogP) is 3.54. The van der Waals surface area contributed by atoms with E-state index < -0.39 is 25.6 Å². The van der Waals surface area contributed by atoms with Crippen molar-refractivity contribution >= 4 is 20.3 Å². The molecule has 0 unspecified atom stereocenters. The molecule has 1 aliphatic heterocycles. The van der Waals surface area contributed by atoms with Crippen molar-refractivity contribution in [1.29, 1.82) is 0 Å². The third kappa shape index (κ3) is 5.11. The summed E-state index contributed by atoms with van der Waals surface area (Å²) in [7, 11) is -1.78. The fraction of sp³-hybridized carbons (Fsp3) is 0.867. The highest BCUT2D eigenvalue weighted by Gasteiger charge is 2.47. The molecule has 5 nitrogen and oxygen atoms in total. The van der Waals surface area contributed by atoms with E-state index in [2.05, 4.69) is 19.6 Å². The first-order valence-corrected chi connectivity index (χ1v) is 10.9. The molecule has 1 atom stereocenters. The second kappa shape index (κ2) is 5.72. The molecular formula is C15H29NO4Si. The van der Waals surface area contributed by atoms with Gasteiger partial charge in [-0.15, -0.1) is 0 Å². The molecule has 0 N–H and O–H groups in total. The molecule has 0 aliphatic carbocycles. The van der Waals surface area contributed by atoms with Crippen molar-refractivity contribution < 1.29 is 18.8 Å². The summed E-state index contributed by atoms with van der Waals surface area (Å²) in [6.07, 6.45) is 0.417. The number of hydrogen-bond acceptors (Lipinski definition) is 4. The van der Waals surface area contributed by atoms with Gasteiger partial charge in [0.25, 0.3) is 0 Å². The molecule has 1 rings (SSSR count). The van der Waals surface area contributed by atoms with Crippen molar-refractivity contribution in [3.8, 4) is 0 Å². The maximum Gasteiger partial charge on any atom is 0.417 e. The maximum atomic E-state index is 12.3. The summed E-state index contributed by atoms with van der Waals surface area (Å²) in [4.78, 5) is 25.7. The van der Waals surface area contributed by atoms with Crippen LogP contribution in [0.25, 0.3) is 0 Å². The molecule has 0 aromatic heterocycles. The van der Waals surface area contributed by atoms with Crippen molar-refractivity contribution in [2.24, 2.45) is 0 Å². The molecule has 21 heavy (non-hydrogen) atoms. The van der Waals surface area contributed by atoms with Crippen LogP contribution in [0, 0.1) is 0 Å². The number of ether oxygens (including phenoxy) is 1. The summed E-state index contributed by atoms with van der Waals surface area (Å²) in [5, 5.41) is 0. The fourth-order valence-electron chi connectivity index (χ4n) is 2.74. The highest BCUT2D eigenvalue weighted by atomic mass is 28.4. The SMILES string of the molecule is CC(C)(C)OC(=O)N1C(=O)CC[C@H]1C(C)(C)O[Si](C)(C)C. The Labute approximate surface area is 129 Å². The van der Waals surface area contributed by atoms with Crippen LogP contribution in [0.2, 0.25) is 19.6 Å². The van der Waals surface area contributed by atoms with Crippen molar-refractivity contribution in [1.82, 2.24) is 4.90 Å². The zero-order valence-electron chi connectivity index (χ0n) is 14.6. The van der Waals surface area contributed by atoms with Crippen LogP contribution < -0.4 is 0 Å². The van der Waals surface area contributed by atoms with Gasteiger partial charge in [-0.05, 0) is 60.7 Å². The van der Waals surface area contributed by atoms with Crippen LogP contribution in [0.5, 0.6) is 0 Å². The Morgan fingerprint density at radius 2 is 1.71 bits per heavy atom. The Balaban J connectivity index is 2.96. The van der Waals surface area contributed by atoms with Crippen molar-refractivity contribution in [2.45, 2.75) is 84.3 Å². The fourth-order valence-corrected chi connectivity index (χ4v) is 4.45. The number of rotatable bonds is 3. The van der Waals surface area contributed by atoms with Gasteiger partial charge in [0.15, 0.2) is 8.32 Å². The lowest BCUT2D eigenvalue weighted by Crippen LogP contribution is -2.55. The molecule has 1 heterocycles. The zero-order valence-corrected chi connectivity index (χ0v) is 15.6. The lowest BCUT2D eigenvalue weighted by atomic mass is 9.97. The van der Waals surface area contributed by atoms with E-state index in [0.29, 0.717) is 12.8 Å². The van der Waals surface area contributed by atoms with Gasteiger partial charge in [0.1, 0.15) is 5.60 Å². The van der Waals surface area contributed by atoms with Crippen LogP contribution in [0.4, 0.5) is 4.79 Å². The van der Waals surface area contributed by atoms with Crippen LogP contribution >= 0.6 is 0 Å². The highest BCUT2D eigenvalue weighted by Crippen LogP contribution is 2.33. The minimum absolute atomic E-state index is 0.179. The van der Waals surface area contributed by atoms with Gasteiger partial charge in [0.2, 0.25) is 5.91 Å². The van der Waals surface area contributed by atoms with E-state index in [1.54, 1.807) is 20.8 Å². The number of amides is 2. The number of hydrogen-bond donors (Lipinski definition) is 0. The molecule has 6 heteroatoms. The Kier molecular flexibility index (Phi) is 4.95. The van der Waals surface area contributed by atoms with E-state index in [1.165, 1.54) is 4.90 Å². The minimum atomic E-state index is -1.78. The summed E-state index contributed by atoms with van der Waals surface area (Å²) >= 11 is 0. The predicted molar refractivity (Wildman–Crippen MR) is 84.6 cm³/mol. The number of imide groups is 1.